The molecular formula is C28H32N2O5. The van der Waals surface area contributed by atoms with E-state index in [1.54, 1.807) is 6.07 Å². The third-order valence-electron chi connectivity index (χ3n) is 10.5. The fraction of sp³-hybridized carbons (Fsp3) is 0.643. The van der Waals surface area contributed by atoms with E-state index < -0.39 is 23.2 Å². The van der Waals surface area contributed by atoms with Gasteiger partial charge in [0.15, 0.2) is 11.5 Å². The highest BCUT2D eigenvalue weighted by Gasteiger charge is 2.74. The van der Waals surface area contributed by atoms with Crippen molar-refractivity contribution in [2.24, 2.45) is 5.92 Å². The van der Waals surface area contributed by atoms with Gasteiger partial charge >= 0.3 is 0 Å². The smallest absolute Gasteiger partial charge is 0.257 e. The van der Waals surface area contributed by atoms with Crippen LogP contribution in [-0.2, 0) is 21.4 Å². The molecule has 7 nitrogen and oxygen atoms in total. The number of carbonyl (C=O) groups excluding carboxylic acids is 2. The molecule has 3 fully saturated rings. The molecule has 1 aromatic rings. The maximum Gasteiger partial charge on any atom is 0.257 e. The molecule has 3 aliphatic heterocycles. The van der Waals surface area contributed by atoms with Gasteiger partial charge in [0.2, 0.25) is 0 Å². The van der Waals surface area contributed by atoms with Crippen LogP contribution in [0.15, 0.2) is 23.3 Å². The second-order valence-electron chi connectivity index (χ2n) is 12.0. The Morgan fingerprint density at radius 3 is 2.49 bits per heavy atom. The Morgan fingerprint density at radius 1 is 1.03 bits per heavy atom. The van der Waals surface area contributed by atoms with Crippen LogP contribution in [0.4, 0.5) is 0 Å². The summed E-state index contributed by atoms with van der Waals surface area (Å²) in [5.41, 5.74) is 1.73. The summed E-state index contributed by atoms with van der Waals surface area (Å²) in [4.78, 5) is 31.1. The minimum atomic E-state index is -1.01. The molecule has 8 rings (SSSR count). The largest absolute Gasteiger partial charge is 0.504 e. The molecule has 184 valence electrons. The molecule has 5 atom stereocenters. The normalized spacial score (nSPS) is 39.6. The Kier molecular flexibility index (Phi) is 3.97. The molecule has 2 N–H and O–H groups in total. The SMILES string of the molecule is O=C1C2=C(CCCC2)C(=O)N1[C@@H]1CC[C@@]2(O)[C@H]3Cc4ccc(O)c5c4[C@@]2(CCN3CC2CC2)[C@@H]1O5. The number of aromatic hydroxyl groups is 1. The number of hydrogen-bond donors (Lipinski definition) is 2. The topological polar surface area (TPSA) is 90.3 Å². The molecular weight excluding hydrogens is 444 g/mol. The van der Waals surface area contributed by atoms with Crippen molar-refractivity contribution in [1.82, 2.24) is 9.80 Å². The third-order valence-corrected chi connectivity index (χ3v) is 10.5. The number of carbonyl (C=O) groups is 2. The number of hydrogen-bond acceptors (Lipinski definition) is 6. The minimum absolute atomic E-state index is 0.0109. The predicted octanol–water partition coefficient (Wildman–Crippen LogP) is 2.56. The maximum absolute atomic E-state index is 13.5. The van der Waals surface area contributed by atoms with Gasteiger partial charge in [-0.1, -0.05) is 6.07 Å². The van der Waals surface area contributed by atoms with Crippen molar-refractivity contribution in [3.05, 3.63) is 34.4 Å². The fourth-order valence-corrected chi connectivity index (χ4v) is 8.78. The van der Waals surface area contributed by atoms with Gasteiger partial charge in [0, 0.05) is 29.3 Å². The molecule has 7 aliphatic rings. The lowest BCUT2D eigenvalue weighted by Gasteiger charge is -2.64. The highest BCUT2D eigenvalue weighted by atomic mass is 16.5. The van der Waals surface area contributed by atoms with Crippen molar-refractivity contribution in [2.45, 2.75) is 93.4 Å². The summed E-state index contributed by atoms with van der Waals surface area (Å²) in [7, 11) is 0. The number of nitrogens with zero attached hydrogens (tertiary/aromatic N) is 2. The van der Waals surface area contributed by atoms with E-state index in [1.807, 2.05) is 6.07 Å². The first-order chi connectivity index (χ1) is 16.9. The van der Waals surface area contributed by atoms with Crippen LogP contribution in [0.25, 0.3) is 0 Å². The third kappa shape index (κ3) is 2.40. The van der Waals surface area contributed by atoms with Crippen molar-refractivity contribution in [3.63, 3.8) is 0 Å². The molecule has 4 aliphatic carbocycles. The molecule has 0 radical (unpaired) electrons. The molecule has 1 aromatic carbocycles. The number of benzene rings is 1. The van der Waals surface area contributed by atoms with Gasteiger partial charge in [0.1, 0.15) is 6.10 Å². The second-order valence-corrected chi connectivity index (χ2v) is 12.0. The number of ether oxygens (including phenoxy) is 1. The summed E-state index contributed by atoms with van der Waals surface area (Å²) in [6.07, 6.45) is 7.74. The zero-order valence-corrected chi connectivity index (χ0v) is 20.0. The zero-order valence-electron chi connectivity index (χ0n) is 20.0. The van der Waals surface area contributed by atoms with Gasteiger partial charge in [0.25, 0.3) is 11.8 Å². The van der Waals surface area contributed by atoms with Crippen molar-refractivity contribution in [3.8, 4) is 11.5 Å². The Bertz CT molecular complexity index is 1190. The Labute approximate surface area is 204 Å². The van der Waals surface area contributed by atoms with Gasteiger partial charge in [-0.25, -0.2) is 0 Å². The quantitative estimate of drug-likeness (QED) is 0.652. The number of imide groups is 1. The molecule has 1 saturated heterocycles. The van der Waals surface area contributed by atoms with Crippen LogP contribution in [0.1, 0.15) is 68.9 Å². The highest BCUT2D eigenvalue weighted by Crippen LogP contribution is 2.66. The minimum Gasteiger partial charge on any atom is -0.504 e. The molecule has 0 aromatic heterocycles. The van der Waals surface area contributed by atoms with E-state index in [4.69, 9.17) is 4.74 Å². The summed E-state index contributed by atoms with van der Waals surface area (Å²) in [5.74, 6) is 0.972. The first-order valence-electron chi connectivity index (χ1n) is 13.5. The second kappa shape index (κ2) is 6.68. The van der Waals surface area contributed by atoms with Gasteiger partial charge in [-0.05, 0) is 88.3 Å². The van der Waals surface area contributed by atoms with Crippen molar-refractivity contribution in [1.29, 1.82) is 0 Å². The summed E-state index contributed by atoms with van der Waals surface area (Å²) in [6.45, 7) is 1.89. The van der Waals surface area contributed by atoms with Crippen molar-refractivity contribution < 1.29 is 24.5 Å². The number of amides is 2. The Morgan fingerprint density at radius 2 is 1.77 bits per heavy atom. The highest BCUT2D eigenvalue weighted by molar-refractivity contribution is 6.19. The van der Waals surface area contributed by atoms with E-state index in [0.29, 0.717) is 49.0 Å². The first kappa shape index (κ1) is 20.8. The van der Waals surface area contributed by atoms with Crippen molar-refractivity contribution in [2.75, 3.05) is 13.1 Å². The fourth-order valence-electron chi connectivity index (χ4n) is 8.78. The number of phenols is 1. The van der Waals surface area contributed by atoms with Crippen LogP contribution in [0.2, 0.25) is 0 Å². The van der Waals surface area contributed by atoms with Gasteiger partial charge in [0.05, 0.1) is 17.1 Å². The van der Waals surface area contributed by atoms with Gasteiger partial charge in [-0.2, -0.15) is 0 Å². The average Bonchev–Trinajstić information content (AvgIpc) is 3.54. The molecule has 2 bridgehead atoms. The summed E-state index contributed by atoms with van der Waals surface area (Å²) in [5, 5.41) is 23.4. The van der Waals surface area contributed by atoms with Crippen LogP contribution in [-0.4, -0.2) is 68.7 Å². The van der Waals surface area contributed by atoms with Crippen molar-refractivity contribution >= 4 is 11.8 Å². The standard InChI is InChI=1S/C28H32N2O5/c31-20-8-7-16-13-21-28(34)10-9-19(30-25(32)17-3-1-2-4-18(17)26(30)33)24-27(28,22(16)23(20)35-24)11-12-29(21)14-15-5-6-15/h7-8,15,19,21,24,31,34H,1-6,9-14H2/t19-,21-,24-,27+,28-/m1/s1. The zero-order chi connectivity index (χ0) is 23.7. The molecule has 7 heteroatoms. The summed E-state index contributed by atoms with van der Waals surface area (Å²) < 4.78 is 6.59. The summed E-state index contributed by atoms with van der Waals surface area (Å²) >= 11 is 0. The van der Waals surface area contributed by atoms with E-state index in [-0.39, 0.29) is 23.6 Å². The number of likely N-dealkylation sites (tertiary alicyclic amines) is 1. The van der Waals surface area contributed by atoms with Gasteiger partial charge < -0.3 is 14.9 Å². The lowest BCUT2D eigenvalue weighted by atomic mass is 9.48. The van der Waals surface area contributed by atoms with Crippen LogP contribution >= 0.6 is 0 Å². The molecule has 3 heterocycles. The van der Waals surface area contributed by atoms with Crippen LogP contribution in [0, 0.1) is 5.92 Å². The lowest BCUT2D eigenvalue weighted by molar-refractivity contribution is -0.201. The monoisotopic (exact) mass is 476 g/mol. The van der Waals surface area contributed by atoms with Gasteiger partial charge in [-0.3, -0.25) is 19.4 Å². The number of aliphatic hydroxyl groups is 1. The number of phenolic OH excluding ortho intramolecular Hbond substituents is 1. The van der Waals surface area contributed by atoms with E-state index in [0.717, 1.165) is 49.4 Å². The average molecular weight is 477 g/mol. The number of piperidine rings is 1. The van der Waals surface area contributed by atoms with Crippen LogP contribution in [0.3, 0.4) is 0 Å². The molecule has 35 heavy (non-hydrogen) atoms. The summed E-state index contributed by atoms with van der Waals surface area (Å²) in [6, 6.07) is 3.25. The van der Waals surface area contributed by atoms with E-state index in [2.05, 4.69) is 4.90 Å². The molecule has 0 unspecified atom stereocenters. The van der Waals surface area contributed by atoms with E-state index in [1.165, 1.54) is 17.7 Å². The van der Waals surface area contributed by atoms with Crippen LogP contribution in [0.5, 0.6) is 11.5 Å². The lowest BCUT2D eigenvalue weighted by Crippen LogP contribution is -2.78. The molecule has 1 spiro atoms. The molecule has 2 amide bonds. The van der Waals surface area contributed by atoms with Gasteiger partial charge in [-0.15, -0.1) is 0 Å². The van der Waals surface area contributed by atoms with E-state index >= 15 is 0 Å². The first-order valence-corrected chi connectivity index (χ1v) is 13.5. The predicted molar refractivity (Wildman–Crippen MR) is 126 cm³/mol. The maximum atomic E-state index is 13.5. The number of rotatable bonds is 3. The Balaban J connectivity index is 1.26. The van der Waals surface area contributed by atoms with Crippen LogP contribution < -0.4 is 4.74 Å². The Hall–Kier alpha value is -2.38. The molecule has 2 saturated carbocycles. The van der Waals surface area contributed by atoms with E-state index in [9.17, 15) is 19.8 Å².